The van der Waals surface area contributed by atoms with Crippen molar-refractivity contribution in [3.05, 3.63) is 71.8 Å². The van der Waals surface area contributed by atoms with Crippen LogP contribution in [0.2, 0.25) is 0 Å². The molecule has 0 aliphatic carbocycles. The third-order valence-corrected chi connectivity index (χ3v) is 4.25. The Kier molecular flexibility index (Phi) is 5.46. The van der Waals surface area contributed by atoms with E-state index < -0.39 is 0 Å². The van der Waals surface area contributed by atoms with Crippen molar-refractivity contribution >= 4 is 22.6 Å². The maximum Gasteiger partial charge on any atom is 0.331 e. The average molecular weight is 352 g/mol. The molecule has 3 rings (SSSR count). The van der Waals surface area contributed by atoms with Crippen LogP contribution in [0.4, 0.5) is 4.39 Å². The number of hydrogen-bond acceptors (Lipinski definition) is 3. The lowest BCUT2D eigenvalue weighted by molar-refractivity contribution is -0.137. The number of esters is 1. The predicted octanol–water partition coefficient (Wildman–Crippen LogP) is 4.52. The smallest absolute Gasteiger partial charge is 0.331 e. The fraction of sp³-hybridized carbons (Fsp3) is 0.238. The molecule has 2 aromatic carbocycles. The standard InChI is InChI=1S/C21H21FN2O2/c1-15(17-8-10-18(22)11-9-17)14-21(25)26-13-5-12-24-16(2)23-19-6-3-4-7-20(19)24/h3-4,6-11,14H,5,12-13H2,1-2H3/b15-14+. The summed E-state index contributed by atoms with van der Waals surface area (Å²) in [6.45, 7) is 4.84. The van der Waals surface area contributed by atoms with Crippen LogP contribution in [-0.4, -0.2) is 22.1 Å². The van der Waals surface area contributed by atoms with Crippen LogP contribution in [0, 0.1) is 12.7 Å². The number of imidazole rings is 1. The quantitative estimate of drug-likeness (QED) is 0.372. The number of nitrogens with zero attached hydrogens (tertiary/aromatic N) is 2. The summed E-state index contributed by atoms with van der Waals surface area (Å²) in [7, 11) is 0. The number of ether oxygens (including phenoxy) is 1. The molecule has 3 aromatic rings. The van der Waals surface area contributed by atoms with Gasteiger partial charge < -0.3 is 9.30 Å². The molecule has 0 spiro atoms. The largest absolute Gasteiger partial charge is 0.462 e. The summed E-state index contributed by atoms with van der Waals surface area (Å²) < 4.78 is 20.4. The van der Waals surface area contributed by atoms with Crippen LogP contribution in [0.25, 0.3) is 16.6 Å². The lowest BCUT2D eigenvalue weighted by Crippen LogP contribution is -2.07. The van der Waals surface area contributed by atoms with Crippen LogP contribution in [0.15, 0.2) is 54.6 Å². The number of fused-ring (bicyclic) bond motifs is 1. The van der Waals surface area contributed by atoms with Gasteiger partial charge >= 0.3 is 5.97 Å². The number of hydrogen-bond donors (Lipinski definition) is 0. The van der Waals surface area contributed by atoms with Crippen molar-refractivity contribution < 1.29 is 13.9 Å². The highest BCUT2D eigenvalue weighted by atomic mass is 19.1. The van der Waals surface area contributed by atoms with Gasteiger partial charge in [0.2, 0.25) is 0 Å². The molecule has 4 nitrogen and oxygen atoms in total. The van der Waals surface area contributed by atoms with E-state index >= 15 is 0 Å². The second-order valence-electron chi connectivity index (χ2n) is 6.15. The molecule has 1 heterocycles. The molecule has 0 saturated heterocycles. The van der Waals surface area contributed by atoms with E-state index in [1.807, 2.05) is 31.2 Å². The van der Waals surface area contributed by atoms with Crippen molar-refractivity contribution in [2.24, 2.45) is 0 Å². The first-order chi connectivity index (χ1) is 12.5. The highest BCUT2D eigenvalue weighted by Crippen LogP contribution is 2.16. The lowest BCUT2D eigenvalue weighted by atomic mass is 10.1. The molecule has 26 heavy (non-hydrogen) atoms. The van der Waals surface area contributed by atoms with Gasteiger partial charge in [-0.1, -0.05) is 24.3 Å². The zero-order chi connectivity index (χ0) is 18.5. The van der Waals surface area contributed by atoms with Crippen LogP contribution >= 0.6 is 0 Å². The van der Waals surface area contributed by atoms with Gasteiger partial charge in [-0.05, 0) is 55.7 Å². The van der Waals surface area contributed by atoms with E-state index in [0.29, 0.717) is 13.0 Å². The van der Waals surface area contributed by atoms with Crippen molar-refractivity contribution in [3.8, 4) is 0 Å². The third kappa shape index (κ3) is 4.17. The van der Waals surface area contributed by atoms with Crippen LogP contribution in [-0.2, 0) is 16.1 Å². The molecule has 0 aliphatic rings. The van der Waals surface area contributed by atoms with Gasteiger partial charge in [-0.3, -0.25) is 0 Å². The molecule has 5 heteroatoms. The molecule has 1 aromatic heterocycles. The Morgan fingerprint density at radius 1 is 1.19 bits per heavy atom. The Labute approximate surface area is 151 Å². The fourth-order valence-corrected chi connectivity index (χ4v) is 2.89. The third-order valence-electron chi connectivity index (χ3n) is 4.25. The van der Waals surface area contributed by atoms with E-state index in [1.165, 1.54) is 18.2 Å². The van der Waals surface area contributed by atoms with Gasteiger partial charge in [-0.25, -0.2) is 14.2 Å². The summed E-state index contributed by atoms with van der Waals surface area (Å²) >= 11 is 0. The average Bonchev–Trinajstić information content (AvgIpc) is 2.94. The zero-order valence-electron chi connectivity index (χ0n) is 14.9. The summed E-state index contributed by atoms with van der Waals surface area (Å²) in [5, 5.41) is 0. The minimum atomic E-state index is -0.390. The van der Waals surface area contributed by atoms with E-state index in [9.17, 15) is 9.18 Å². The van der Waals surface area contributed by atoms with E-state index in [2.05, 4.69) is 9.55 Å². The molecular formula is C21H21FN2O2. The van der Waals surface area contributed by atoms with E-state index in [-0.39, 0.29) is 11.8 Å². The molecule has 0 bridgehead atoms. The highest BCUT2D eigenvalue weighted by Gasteiger charge is 2.07. The van der Waals surface area contributed by atoms with Gasteiger partial charge in [0.1, 0.15) is 11.6 Å². The molecule has 0 amide bonds. The van der Waals surface area contributed by atoms with Crippen molar-refractivity contribution in [1.82, 2.24) is 9.55 Å². The summed E-state index contributed by atoms with van der Waals surface area (Å²) in [5.41, 5.74) is 3.60. The monoisotopic (exact) mass is 352 g/mol. The number of para-hydroxylation sites is 2. The number of carbonyl (C=O) groups is 1. The second-order valence-corrected chi connectivity index (χ2v) is 6.15. The number of allylic oxidation sites excluding steroid dienone is 1. The molecule has 0 atom stereocenters. The van der Waals surface area contributed by atoms with Gasteiger partial charge in [-0.2, -0.15) is 0 Å². The fourth-order valence-electron chi connectivity index (χ4n) is 2.89. The van der Waals surface area contributed by atoms with Crippen LogP contribution in [0.3, 0.4) is 0 Å². The van der Waals surface area contributed by atoms with Gasteiger partial charge in [0.15, 0.2) is 0 Å². The minimum absolute atomic E-state index is 0.300. The lowest BCUT2D eigenvalue weighted by Gasteiger charge is -2.07. The van der Waals surface area contributed by atoms with E-state index in [1.54, 1.807) is 19.1 Å². The number of carbonyl (C=O) groups excluding carboxylic acids is 1. The van der Waals surface area contributed by atoms with Gasteiger partial charge in [-0.15, -0.1) is 0 Å². The Bertz CT molecular complexity index is 942. The molecule has 0 aliphatic heterocycles. The minimum Gasteiger partial charge on any atom is -0.462 e. The molecular weight excluding hydrogens is 331 g/mol. The van der Waals surface area contributed by atoms with Crippen LogP contribution < -0.4 is 0 Å². The van der Waals surface area contributed by atoms with Crippen LogP contribution in [0.1, 0.15) is 24.7 Å². The Balaban J connectivity index is 1.53. The molecule has 134 valence electrons. The van der Waals surface area contributed by atoms with Crippen molar-refractivity contribution in [2.75, 3.05) is 6.61 Å². The zero-order valence-corrected chi connectivity index (χ0v) is 14.9. The molecule has 0 N–H and O–H groups in total. The Morgan fingerprint density at radius 2 is 1.92 bits per heavy atom. The van der Waals surface area contributed by atoms with Crippen molar-refractivity contribution in [3.63, 3.8) is 0 Å². The Morgan fingerprint density at radius 3 is 2.69 bits per heavy atom. The van der Waals surface area contributed by atoms with Gasteiger partial charge in [0.05, 0.1) is 17.6 Å². The van der Waals surface area contributed by atoms with Crippen LogP contribution in [0.5, 0.6) is 0 Å². The maximum atomic E-state index is 12.9. The summed E-state index contributed by atoms with van der Waals surface area (Å²) in [6.07, 6.45) is 2.14. The topological polar surface area (TPSA) is 44.1 Å². The maximum absolute atomic E-state index is 12.9. The number of aryl methyl sites for hydroxylation is 2. The molecule has 0 saturated carbocycles. The Hall–Kier alpha value is -2.95. The van der Waals surface area contributed by atoms with Crippen molar-refractivity contribution in [2.45, 2.75) is 26.8 Å². The SMILES string of the molecule is C/C(=C\C(=O)OCCCn1c(C)nc2ccccc21)c1ccc(F)cc1. The first-order valence-corrected chi connectivity index (χ1v) is 8.57. The number of benzene rings is 2. The normalized spacial score (nSPS) is 11.7. The summed E-state index contributed by atoms with van der Waals surface area (Å²) in [5.74, 6) is 0.259. The predicted molar refractivity (Wildman–Crippen MR) is 100 cm³/mol. The van der Waals surface area contributed by atoms with Crippen molar-refractivity contribution in [1.29, 1.82) is 0 Å². The highest BCUT2D eigenvalue weighted by molar-refractivity contribution is 5.90. The number of halogens is 1. The molecule has 0 radical (unpaired) electrons. The first kappa shape index (κ1) is 17.9. The first-order valence-electron chi connectivity index (χ1n) is 8.57. The van der Waals surface area contributed by atoms with E-state index in [4.69, 9.17) is 4.74 Å². The number of rotatable bonds is 6. The molecule has 0 fully saturated rings. The molecule has 0 unspecified atom stereocenters. The van der Waals surface area contributed by atoms with Gasteiger partial charge in [0, 0.05) is 12.6 Å². The summed E-state index contributed by atoms with van der Waals surface area (Å²) in [4.78, 5) is 16.5. The number of aromatic nitrogens is 2. The summed E-state index contributed by atoms with van der Waals surface area (Å²) in [6, 6.07) is 14.0. The second kappa shape index (κ2) is 7.95. The van der Waals surface area contributed by atoms with E-state index in [0.717, 1.165) is 34.5 Å². The van der Waals surface area contributed by atoms with Gasteiger partial charge in [0.25, 0.3) is 0 Å².